The lowest BCUT2D eigenvalue weighted by Crippen LogP contribution is -2.08. The number of nitrogens with zero attached hydrogens (tertiary/aromatic N) is 2. The summed E-state index contributed by atoms with van der Waals surface area (Å²) in [5, 5.41) is 6.89. The van der Waals surface area contributed by atoms with Crippen LogP contribution in [0.4, 0.5) is 5.69 Å². The smallest absolute Gasteiger partial charge is 0.339 e. The van der Waals surface area contributed by atoms with E-state index in [-0.39, 0.29) is 5.97 Å². The Balaban J connectivity index is 2.08. The number of hydrogen-bond acceptors (Lipinski definition) is 6. The minimum Gasteiger partial charge on any atom is -0.465 e. The van der Waals surface area contributed by atoms with Crippen LogP contribution in [0.2, 0.25) is 0 Å². The van der Waals surface area contributed by atoms with Gasteiger partial charge in [0.1, 0.15) is 0 Å². The first-order valence-electron chi connectivity index (χ1n) is 5.97. The summed E-state index contributed by atoms with van der Waals surface area (Å²) in [6, 6.07) is 7.10. The van der Waals surface area contributed by atoms with E-state index in [9.17, 15) is 4.79 Å². The molecule has 1 aromatic carbocycles. The van der Waals surface area contributed by atoms with Crippen molar-refractivity contribution in [1.82, 2.24) is 10.1 Å². The number of carbonyl (C=O) groups is 1. The van der Waals surface area contributed by atoms with Crippen molar-refractivity contribution in [3.8, 4) is 0 Å². The van der Waals surface area contributed by atoms with Crippen LogP contribution in [0.5, 0.6) is 0 Å². The highest BCUT2D eigenvalue weighted by atomic mass is 16.5. The van der Waals surface area contributed by atoms with Crippen molar-refractivity contribution in [2.75, 3.05) is 12.4 Å². The maximum atomic E-state index is 11.6. The third-order valence-electron chi connectivity index (χ3n) is 2.59. The van der Waals surface area contributed by atoms with Crippen molar-refractivity contribution in [3.63, 3.8) is 0 Å². The van der Waals surface area contributed by atoms with E-state index in [1.165, 1.54) is 7.11 Å². The molecule has 0 radical (unpaired) electrons. The highest BCUT2D eigenvalue weighted by molar-refractivity contribution is 5.95. The zero-order valence-electron chi connectivity index (χ0n) is 10.8. The summed E-state index contributed by atoms with van der Waals surface area (Å²) in [6.07, 6.45) is 0.724. The average molecular weight is 261 g/mol. The molecule has 0 atom stereocenters. The Morgan fingerprint density at radius 1 is 1.42 bits per heavy atom. The Morgan fingerprint density at radius 3 is 2.89 bits per heavy atom. The lowest BCUT2D eigenvalue weighted by molar-refractivity contribution is 0.0602. The van der Waals surface area contributed by atoms with Gasteiger partial charge in [-0.25, -0.2) is 4.79 Å². The summed E-state index contributed by atoms with van der Waals surface area (Å²) in [5.74, 6) is 0.762. The number of esters is 1. The van der Waals surface area contributed by atoms with Crippen LogP contribution < -0.4 is 5.32 Å². The van der Waals surface area contributed by atoms with Gasteiger partial charge in [0, 0.05) is 12.1 Å². The monoisotopic (exact) mass is 261 g/mol. The third kappa shape index (κ3) is 3.09. The molecular formula is C13H15N3O3. The van der Waals surface area contributed by atoms with Crippen molar-refractivity contribution in [1.29, 1.82) is 0 Å². The standard InChI is InChI=1S/C13H15N3O3/c1-3-11-15-12(19-16-11)8-14-10-7-5-4-6-9(10)13(17)18-2/h4-7,14H,3,8H2,1-2H3. The first-order chi connectivity index (χ1) is 9.24. The molecule has 0 aliphatic carbocycles. The van der Waals surface area contributed by atoms with E-state index < -0.39 is 0 Å². The van der Waals surface area contributed by atoms with Crippen molar-refractivity contribution in [2.45, 2.75) is 19.9 Å². The van der Waals surface area contributed by atoms with Crippen LogP contribution in [-0.4, -0.2) is 23.2 Å². The van der Waals surface area contributed by atoms with Gasteiger partial charge in [0.25, 0.3) is 0 Å². The topological polar surface area (TPSA) is 77.2 Å². The van der Waals surface area contributed by atoms with Crippen LogP contribution in [0.1, 0.15) is 29.0 Å². The Kier molecular flexibility index (Phi) is 4.12. The molecule has 0 saturated heterocycles. The minimum absolute atomic E-state index is 0.362. The van der Waals surface area contributed by atoms with Gasteiger partial charge < -0.3 is 14.6 Å². The number of aromatic nitrogens is 2. The predicted molar refractivity (Wildman–Crippen MR) is 68.8 cm³/mol. The van der Waals surface area contributed by atoms with Crippen LogP contribution in [0.3, 0.4) is 0 Å². The summed E-state index contributed by atoms with van der Waals surface area (Å²) >= 11 is 0. The van der Waals surface area contributed by atoms with Crippen LogP contribution in [0.25, 0.3) is 0 Å². The zero-order valence-corrected chi connectivity index (χ0v) is 10.8. The number of benzene rings is 1. The van der Waals surface area contributed by atoms with Crippen LogP contribution >= 0.6 is 0 Å². The van der Waals surface area contributed by atoms with Gasteiger partial charge in [0.05, 0.1) is 19.2 Å². The largest absolute Gasteiger partial charge is 0.465 e. The SMILES string of the molecule is CCc1noc(CNc2ccccc2C(=O)OC)n1. The molecule has 2 aromatic rings. The van der Waals surface area contributed by atoms with E-state index in [1.807, 2.05) is 13.0 Å². The van der Waals surface area contributed by atoms with Crippen molar-refractivity contribution in [2.24, 2.45) is 0 Å². The molecule has 19 heavy (non-hydrogen) atoms. The molecule has 6 nitrogen and oxygen atoms in total. The summed E-state index contributed by atoms with van der Waals surface area (Å²) in [7, 11) is 1.35. The molecule has 1 heterocycles. The third-order valence-corrected chi connectivity index (χ3v) is 2.59. The highest BCUT2D eigenvalue weighted by Gasteiger charge is 2.11. The minimum atomic E-state index is -0.386. The fourth-order valence-electron chi connectivity index (χ4n) is 1.60. The van der Waals surface area contributed by atoms with Gasteiger partial charge in [-0.15, -0.1) is 0 Å². The quantitative estimate of drug-likeness (QED) is 0.830. The number of aryl methyl sites for hydroxylation is 1. The van der Waals surface area contributed by atoms with Crippen molar-refractivity contribution < 1.29 is 14.1 Å². The molecule has 0 saturated carbocycles. The number of rotatable bonds is 5. The van der Waals surface area contributed by atoms with Crippen LogP contribution in [-0.2, 0) is 17.7 Å². The van der Waals surface area contributed by atoms with Crippen LogP contribution in [0.15, 0.2) is 28.8 Å². The van der Waals surface area contributed by atoms with Crippen molar-refractivity contribution >= 4 is 11.7 Å². The van der Waals surface area contributed by atoms with E-state index >= 15 is 0 Å². The molecule has 1 N–H and O–H groups in total. The van der Waals surface area contributed by atoms with E-state index in [0.717, 1.165) is 6.42 Å². The molecule has 0 unspecified atom stereocenters. The Bertz CT molecular complexity index is 566. The molecule has 2 rings (SSSR count). The lowest BCUT2D eigenvalue weighted by Gasteiger charge is -2.08. The second-order valence-corrected chi connectivity index (χ2v) is 3.85. The number of nitrogens with one attached hydrogen (secondary N) is 1. The summed E-state index contributed by atoms with van der Waals surface area (Å²) < 4.78 is 9.78. The Labute approximate surface area is 110 Å². The molecule has 0 aliphatic heterocycles. The molecule has 0 amide bonds. The van der Waals surface area contributed by atoms with E-state index in [0.29, 0.717) is 29.5 Å². The second-order valence-electron chi connectivity index (χ2n) is 3.85. The summed E-state index contributed by atoms with van der Waals surface area (Å²) in [4.78, 5) is 15.8. The van der Waals surface area contributed by atoms with Gasteiger partial charge in [0.2, 0.25) is 5.89 Å². The number of para-hydroxylation sites is 1. The highest BCUT2D eigenvalue weighted by Crippen LogP contribution is 2.16. The maximum absolute atomic E-state index is 11.6. The number of hydrogen-bond donors (Lipinski definition) is 1. The molecule has 0 fully saturated rings. The average Bonchev–Trinajstić information content (AvgIpc) is 2.92. The number of carbonyl (C=O) groups excluding carboxylic acids is 1. The first-order valence-corrected chi connectivity index (χ1v) is 5.97. The number of methoxy groups -OCH3 is 1. The van der Waals surface area contributed by atoms with Gasteiger partial charge >= 0.3 is 5.97 Å². The molecule has 0 aliphatic rings. The second kappa shape index (κ2) is 5.99. The number of ether oxygens (including phenoxy) is 1. The van der Waals surface area contributed by atoms with E-state index in [4.69, 9.17) is 9.26 Å². The first kappa shape index (κ1) is 13.1. The molecule has 100 valence electrons. The van der Waals surface area contributed by atoms with Gasteiger partial charge in [-0.05, 0) is 12.1 Å². The fraction of sp³-hybridized carbons (Fsp3) is 0.308. The lowest BCUT2D eigenvalue weighted by atomic mass is 10.2. The van der Waals surface area contributed by atoms with Gasteiger partial charge in [-0.3, -0.25) is 0 Å². The summed E-state index contributed by atoms with van der Waals surface area (Å²) in [5.41, 5.74) is 1.14. The Morgan fingerprint density at radius 2 is 2.21 bits per heavy atom. The molecule has 0 bridgehead atoms. The van der Waals surface area contributed by atoms with E-state index in [2.05, 4.69) is 15.5 Å². The van der Waals surface area contributed by atoms with Crippen molar-refractivity contribution in [3.05, 3.63) is 41.5 Å². The zero-order chi connectivity index (χ0) is 13.7. The number of anilines is 1. The normalized spacial score (nSPS) is 10.2. The van der Waals surface area contributed by atoms with Crippen LogP contribution in [0, 0.1) is 0 Å². The molecule has 0 spiro atoms. The Hall–Kier alpha value is -2.37. The summed E-state index contributed by atoms with van der Waals surface area (Å²) in [6.45, 7) is 2.32. The predicted octanol–water partition coefficient (Wildman–Crippen LogP) is 2.03. The molecule has 6 heteroatoms. The van der Waals surface area contributed by atoms with Gasteiger partial charge in [0.15, 0.2) is 5.82 Å². The molecular weight excluding hydrogens is 246 g/mol. The van der Waals surface area contributed by atoms with Gasteiger partial charge in [-0.2, -0.15) is 4.98 Å². The molecule has 1 aromatic heterocycles. The van der Waals surface area contributed by atoms with Gasteiger partial charge in [-0.1, -0.05) is 24.2 Å². The maximum Gasteiger partial charge on any atom is 0.339 e. The van der Waals surface area contributed by atoms with E-state index in [1.54, 1.807) is 18.2 Å². The fourth-order valence-corrected chi connectivity index (χ4v) is 1.60.